The minimum absolute atomic E-state index is 0.235. The molecule has 2 aromatic carbocycles. The van der Waals surface area contributed by atoms with Crippen molar-refractivity contribution in [2.75, 3.05) is 26.2 Å². The summed E-state index contributed by atoms with van der Waals surface area (Å²) < 4.78 is 0. The van der Waals surface area contributed by atoms with Crippen LogP contribution in [0.4, 0.5) is 0 Å². The lowest BCUT2D eigenvalue weighted by Crippen LogP contribution is -2.52. The quantitative estimate of drug-likeness (QED) is 0.714. The Kier molecular flexibility index (Phi) is 6.01. The number of aliphatic hydroxyl groups is 1. The molecule has 3 aromatic rings. The highest BCUT2D eigenvalue weighted by Crippen LogP contribution is 2.22. The molecule has 1 aliphatic rings. The summed E-state index contributed by atoms with van der Waals surface area (Å²) >= 11 is 0. The predicted octanol–water partition coefficient (Wildman–Crippen LogP) is 3.61. The molecule has 0 spiro atoms. The average molecular weight is 376 g/mol. The van der Waals surface area contributed by atoms with Gasteiger partial charge in [0.1, 0.15) is 0 Å². The van der Waals surface area contributed by atoms with E-state index in [0.717, 1.165) is 44.7 Å². The van der Waals surface area contributed by atoms with Crippen LogP contribution in [0.5, 0.6) is 0 Å². The fourth-order valence-corrected chi connectivity index (χ4v) is 4.27. The second kappa shape index (κ2) is 8.82. The third-order valence-electron chi connectivity index (χ3n) is 5.90. The number of aliphatic hydroxyl groups excluding tert-OH is 1. The monoisotopic (exact) mass is 375 g/mol. The fraction of sp³-hybridized carbons (Fsp3) is 0.375. The lowest BCUT2D eigenvalue weighted by molar-refractivity contribution is 0.0500. The summed E-state index contributed by atoms with van der Waals surface area (Å²) in [6.45, 7) is 7.33. The van der Waals surface area contributed by atoms with Gasteiger partial charge in [-0.25, -0.2) is 0 Å². The number of hydrogen-bond acceptors (Lipinski definition) is 4. The predicted molar refractivity (Wildman–Crippen MR) is 114 cm³/mol. The molecule has 1 fully saturated rings. The van der Waals surface area contributed by atoms with Gasteiger partial charge in [-0.2, -0.15) is 0 Å². The Balaban J connectivity index is 1.47. The number of piperazine rings is 1. The van der Waals surface area contributed by atoms with Crippen molar-refractivity contribution in [2.24, 2.45) is 0 Å². The zero-order valence-electron chi connectivity index (χ0n) is 16.6. The van der Waals surface area contributed by atoms with Crippen LogP contribution in [-0.4, -0.2) is 52.2 Å². The summed E-state index contributed by atoms with van der Waals surface area (Å²) in [5.41, 5.74) is 5.12. The van der Waals surface area contributed by atoms with E-state index >= 15 is 0 Å². The van der Waals surface area contributed by atoms with Gasteiger partial charge in [-0.1, -0.05) is 48.5 Å². The standard InChI is InChI=1S/C24H29N3O/c1-19-6-2-3-7-21(19)17-27-14-13-26(18-23(27)11-15-28)16-22-9-4-8-20-10-5-12-25-24(20)22/h2-10,12,23,28H,11,13-18H2,1H3. The number of hydrogen-bond donors (Lipinski definition) is 1. The number of benzene rings is 2. The van der Waals surface area contributed by atoms with Crippen LogP contribution in [-0.2, 0) is 13.1 Å². The van der Waals surface area contributed by atoms with Gasteiger partial charge in [0.2, 0.25) is 0 Å². The van der Waals surface area contributed by atoms with Gasteiger partial charge in [-0.15, -0.1) is 0 Å². The van der Waals surface area contributed by atoms with Crippen molar-refractivity contribution in [1.82, 2.24) is 14.8 Å². The molecule has 28 heavy (non-hydrogen) atoms. The van der Waals surface area contributed by atoms with Crippen LogP contribution in [0.2, 0.25) is 0 Å². The molecule has 1 aromatic heterocycles. The molecule has 1 aliphatic heterocycles. The molecule has 146 valence electrons. The van der Waals surface area contributed by atoms with Gasteiger partial charge in [-0.05, 0) is 36.1 Å². The van der Waals surface area contributed by atoms with Crippen molar-refractivity contribution in [2.45, 2.75) is 32.5 Å². The van der Waals surface area contributed by atoms with Crippen molar-refractivity contribution in [3.8, 4) is 0 Å². The molecular formula is C24H29N3O. The van der Waals surface area contributed by atoms with E-state index in [0.29, 0.717) is 6.04 Å². The molecule has 0 radical (unpaired) electrons. The number of para-hydroxylation sites is 1. The van der Waals surface area contributed by atoms with E-state index in [1.807, 2.05) is 12.3 Å². The summed E-state index contributed by atoms with van der Waals surface area (Å²) in [6, 6.07) is 19.6. The third-order valence-corrected chi connectivity index (χ3v) is 5.90. The Labute approximate surface area is 167 Å². The number of aromatic nitrogens is 1. The van der Waals surface area contributed by atoms with E-state index in [1.54, 1.807) is 0 Å². The molecule has 2 heterocycles. The fourth-order valence-electron chi connectivity index (χ4n) is 4.27. The molecule has 0 saturated carbocycles. The van der Waals surface area contributed by atoms with Crippen LogP contribution in [0.15, 0.2) is 60.8 Å². The van der Waals surface area contributed by atoms with Crippen LogP contribution < -0.4 is 0 Å². The topological polar surface area (TPSA) is 39.6 Å². The molecule has 1 atom stereocenters. The Morgan fingerprint density at radius 1 is 0.964 bits per heavy atom. The molecule has 0 aliphatic carbocycles. The van der Waals surface area contributed by atoms with Crippen molar-refractivity contribution < 1.29 is 5.11 Å². The summed E-state index contributed by atoms with van der Waals surface area (Å²) in [4.78, 5) is 9.66. The van der Waals surface area contributed by atoms with E-state index < -0.39 is 0 Å². The maximum Gasteiger partial charge on any atom is 0.0746 e. The first-order valence-corrected chi connectivity index (χ1v) is 10.2. The average Bonchev–Trinajstić information content (AvgIpc) is 2.72. The van der Waals surface area contributed by atoms with Crippen molar-refractivity contribution in [3.05, 3.63) is 77.5 Å². The smallest absolute Gasteiger partial charge is 0.0746 e. The molecule has 0 amide bonds. The van der Waals surface area contributed by atoms with Crippen LogP contribution >= 0.6 is 0 Å². The second-order valence-electron chi connectivity index (χ2n) is 7.79. The van der Waals surface area contributed by atoms with Gasteiger partial charge in [0, 0.05) is 57.0 Å². The highest BCUT2D eigenvalue weighted by Gasteiger charge is 2.27. The van der Waals surface area contributed by atoms with E-state index in [-0.39, 0.29) is 6.61 Å². The van der Waals surface area contributed by atoms with Gasteiger partial charge in [0.15, 0.2) is 0 Å². The molecular weight excluding hydrogens is 346 g/mol. The normalized spacial score (nSPS) is 18.6. The Morgan fingerprint density at radius 2 is 1.79 bits per heavy atom. The first-order valence-electron chi connectivity index (χ1n) is 10.2. The summed E-state index contributed by atoms with van der Waals surface area (Å²) in [5.74, 6) is 0. The van der Waals surface area contributed by atoms with Crippen LogP contribution in [0.3, 0.4) is 0 Å². The lowest BCUT2D eigenvalue weighted by atomic mass is 10.0. The highest BCUT2D eigenvalue weighted by atomic mass is 16.3. The van der Waals surface area contributed by atoms with Gasteiger partial charge < -0.3 is 5.11 Å². The van der Waals surface area contributed by atoms with Crippen molar-refractivity contribution >= 4 is 10.9 Å². The largest absolute Gasteiger partial charge is 0.396 e. The number of pyridine rings is 1. The molecule has 1 unspecified atom stereocenters. The summed E-state index contributed by atoms with van der Waals surface area (Å²) in [7, 11) is 0. The summed E-state index contributed by atoms with van der Waals surface area (Å²) in [5, 5.41) is 10.8. The van der Waals surface area contributed by atoms with Crippen LogP contribution in [0, 0.1) is 6.92 Å². The molecule has 4 rings (SSSR count). The molecule has 0 bridgehead atoms. The summed E-state index contributed by atoms with van der Waals surface area (Å²) in [6.07, 6.45) is 2.69. The maximum absolute atomic E-state index is 9.62. The number of nitrogens with zero attached hydrogens (tertiary/aromatic N) is 3. The molecule has 4 nitrogen and oxygen atoms in total. The lowest BCUT2D eigenvalue weighted by Gasteiger charge is -2.41. The molecule has 1 N–H and O–H groups in total. The first kappa shape index (κ1) is 19.1. The van der Waals surface area contributed by atoms with Crippen molar-refractivity contribution in [3.63, 3.8) is 0 Å². The second-order valence-corrected chi connectivity index (χ2v) is 7.79. The first-order chi connectivity index (χ1) is 13.7. The number of fused-ring (bicyclic) bond motifs is 1. The van der Waals surface area contributed by atoms with Gasteiger partial charge in [-0.3, -0.25) is 14.8 Å². The van der Waals surface area contributed by atoms with E-state index in [2.05, 4.69) is 70.2 Å². The Morgan fingerprint density at radius 3 is 2.64 bits per heavy atom. The third kappa shape index (κ3) is 4.25. The highest BCUT2D eigenvalue weighted by molar-refractivity contribution is 5.81. The molecule has 1 saturated heterocycles. The Hall–Kier alpha value is -2.27. The minimum Gasteiger partial charge on any atom is -0.396 e. The van der Waals surface area contributed by atoms with Gasteiger partial charge in [0.05, 0.1) is 5.52 Å². The van der Waals surface area contributed by atoms with Crippen LogP contribution in [0.1, 0.15) is 23.1 Å². The van der Waals surface area contributed by atoms with E-state index in [9.17, 15) is 5.11 Å². The van der Waals surface area contributed by atoms with Gasteiger partial charge >= 0.3 is 0 Å². The van der Waals surface area contributed by atoms with E-state index in [4.69, 9.17) is 0 Å². The van der Waals surface area contributed by atoms with Crippen LogP contribution in [0.25, 0.3) is 10.9 Å². The zero-order chi connectivity index (χ0) is 19.3. The van der Waals surface area contributed by atoms with Crippen molar-refractivity contribution in [1.29, 1.82) is 0 Å². The van der Waals surface area contributed by atoms with E-state index in [1.165, 1.54) is 22.1 Å². The SMILES string of the molecule is Cc1ccccc1CN1CCN(Cc2cccc3cccnc23)CC1CCO. The maximum atomic E-state index is 9.62. The zero-order valence-corrected chi connectivity index (χ0v) is 16.6. The number of rotatable bonds is 6. The minimum atomic E-state index is 0.235. The Bertz CT molecular complexity index is 921. The number of aryl methyl sites for hydroxylation is 1. The van der Waals surface area contributed by atoms with Gasteiger partial charge in [0.25, 0.3) is 0 Å². The molecule has 4 heteroatoms.